The third-order valence-electron chi connectivity index (χ3n) is 4.41. The van der Waals surface area contributed by atoms with Crippen LogP contribution in [0.25, 0.3) is 0 Å². The summed E-state index contributed by atoms with van der Waals surface area (Å²) in [6.45, 7) is 2.75. The van der Waals surface area contributed by atoms with Crippen LogP contribution in [0.1, 0.15) is 30.1 Å². The zero-order valence-electron chi connectivity index (χ0n) is 14.4. The second kappa shape index (κ2) is 7.46. The Balaban J connectivity index is 1.61. The molecule has 1 aliphatic heterocycles. The average Bonchev–Trinajstić information content (AvgIpc) is 3.01. The van der Waals surface area contributed by atoms with Gasteiger partial charge in [-0.3, -0.25) is 9.89 Å². The quantitative estimate of drug-likeness (QED) is 0.711. The van der Waals surface area contributed by atoms with Crippen LogP contribution < -0.4 is 5.32 Å². The Bertz CT molecular complexity index is 797. The molecule has 1 atom stereocenters. The molecule has 1 aromatic heterocycles. The molecule has 2 aromatic rings. The zero-order valence-corrected chi connectivity index (χ0v) is 14.4. The third-order valence-corrected chi connectivity index (χ3v) is 4.41. The number of piperidine rings is 1. The number of nitrogens with one attached hydrogen (secondary N) is 2. The highest BCUT2D eigenvalue weighted by Crippen LogP contribution is 2.24. The lowest BCUT2D eigenvalue weighted by atomic mass is 9.91. The number of amides is 1. The summed E-state index contributed by atoms with van der Waals surface area (Å²) in [5.74, 6) is -1.07. The van der Waals surface area contributed by atoms with E-state index in [1.54, 1.807) is 6.92 Å². The molecule has 0 saturated carbocycles. The normalized spacial score (nSPS) is 20.6. The van der Waals surface area contributed by atoms with Crippen molar-refractivity contribution in [3.8, 4) is 0 Å². The molecule has 3 N–H and O–H groups in total. The minimum absolute atomic E-state index is 0.0632. The first-order chi connectivity index (χ1) is 12.4. The summed E-state index contributed by atoms with van der Waals surface area (Å²) in [5, 5.41) is 20.4. The van der Waals surface area contributed by atoms with Gasteiger partial charge in [0.15, 0.2) is 23.1 Å². The number of hydrogen-bond donors (Lipinski definition) is 3. The van der Waals surface area contributed by atoms with Crippen molar-refractivity contribution in [2.24, 2.45) is 0 Å². The fourth-order valence-corrected chi connectivity index (χ4v) is 3.09. The molecule has 1 amide bonds. The Morgan fingerprint density at radius 2 is 2.19 bits per heavy atom. The lowest BCUT2D eigenvalue weighted by Gasteiger charge is -2.38. The van der Waals surface area contributed by atoms with Crippen molar-refractivity contribution in [3.63, 3.8) is 0 Å². The van der Waals surface area contributed by atoms with Crippen LogP contribution in [0.15, 0.2) is 18.2 Å². The number of aryl methyl sites for hydroxylation is 1. The number of aromatic nitrogens is 3. The van der Waals surface area contributed by atoms with E-state index in [9.17, 15) is 18.7 Å². The minimum Gasteiger partial charge on any atom is -0.379 e. The van der Waals surface area contributed by atoms with E-state index in [2.05, 4.69) is 20.5 Å². The zero-order chi connectivity index (χ0) is 18.7. The fourth-order valence-electron chi connectivity index (χ4n) is 3.09. The molecule has 26 heavy (non-hydrogen) atoms. The molecule has 0 aliphatic carbocycles. The Morgan fingerprint density at radius 3 is 2.88 bits per heavy atom. The summed E-state index contributed by atoms with van der Waals surface area (Å²) < 4.78 is 26.4. The number of hydrogen-bond acceptors (Lipinski definition) is 5. The van der Waals surface area contributed by atoms with Crippen LogP contribution in [0.4, 0.5) is 8.78 Å². The number of aromatic amines is 1. The van der Waals surface area contributed by atoms with E-state index < -0.39 is 23.1 Å². The number of H-pyrrole nitrogens is 1. The molecule has 7 nitrogen and oxygen atoms in total. The van der Waals surface area contributed by atoms with Crippen molar-refractivity contribution in [2.45, 2.75) is 38.5 Å². The largest absolute Gasteiger partial charge is 0.379 e. The Labute approximate surface area is 149 Å². The van der Waals surface area contributed by atoms with Crippen LogP contribution in [0.3, 0.4) is 0 Å². The Kier molecular flexibility index (Phi) is 5.28. The van der Waals surface area contributed by atoms with Gasteiger partial charge < -0.3 is 15.3 Å². The Morgan fingerprint density at radius 1 is 1.38 bits per heavy atom. The van der Waals surface area contributed by atoms with Gasteiger partial charge in [0.1, 0.15) is 5.82 Å². The van der Waals surface area contributed by atoms with Gasteiger partial charge in [-0.05, 0) is 37.5 Å². The highest BCUT2D eigenvalue weighted by atomic mass is 19.2. The first kappa shape index (κ1) is 18.4. The molecule has 1 saturated heterocycles. The van der Waals surface area contributed by atoms with Crippen molar-refractivity contribution in [3.05, 3.63) is 47.0 Å². The number of benzene rings is 1. The molecule has 0 bridgehead atoms. The number of nitrogens with zero attached hydrogens (tertiary/aromatic N) is 3. The van der Waals surface area contributed by atoms with Crippen molar-refractivity contribution >= 4 is 5.91 Å². The predicted octanol–water partition coefficient (Wildman–Crippen LogP) is 1.03. The van der Waals surface area contributed by atoms with Gasteiger partial charge in [0, 0.05) is 19.6 Å². The number of carbonyl (C=O) groups excluding carboxylic acids is 1. The lowest BCUT2D eigenvalue weighted by Crippen LogP contribution is -2.57. The number of aliphatic hydroxyl groups is 1. The molecule has 1 aromatic carbocycles. The molecule has 9 heteroatoms. The molecule has 0 unspecified atom stereocenters. The highest BCUT2D eigenvalue weighted by Gasteiger charge is 2.41. The summed E-state index contributed by atoms with van der Waals surface area (Å²) in [4.78, 5) is 18.3. The molecule has 140 valence electrons. The van der Waals surface area contributed by atoms with Crippen molar-refractivity contribution in [1.82, 2.24) is 25.4 Å². The SMILES string of the molecule is Cc1nc(CNC[C@@]2(O)CCCN(Cc3ccc(F)c(F)c3)C2=O)n[nH]1. The number of halogens is 2. The summed E-state index contributed by atoms with van der Waals surface area (Å²) in [5.41, 5.74) is -1.06. The third kappa shape index (κ3) is 4.05. The number of rotatable bonds is 6. The molecule has 1 fully saturated rings. The minimum atomic E-state index is -1.54. The van der Waals surface area contributed by atoms with Crippen LogP contribution in [-0.2, 0) is 17.9 Å². The topological polar surface area (TPSA) is 94.1 Å². The van der Waals surface area contributed by atoms with Crippen LogP contribution in [0.2, 0.25) is 0 Å². The van der Waals surface area contributed by atoms with Crippen LogP contribution in [-0.4, -0.2) is 49.8 Å². The van der Waals surface area contributed by atoms with E-state index in [0.717, 1.165) is 12.1 Å². The predicted molar refractivity (Wildman–Crippen MR) is 88.8 cm³/mol. The van der Waals surface area contributed by atoms with E-state index >= 15 is 0 Å². The maximum atomic E-state index is 13.4. The maximum absolute atomic E-state index is 13.4. The van der Waals surface area contributed by atoms with Crippen LogP contribution in [0, 0.1) is 18.6 Å². The second-order valence-corrected chi connectivity index (χ2v) is 6.55. The molecule has 3 rings (SSSR count). The van der Waals surface area contributed by atoms with E-state index in [1.807, 2.05) is 0 Å². The molecule has 1 aliphatic rings. The van der Waals surface area contributed by atoms with Gasteiger partial charge in [-0.1, -0.05) is 6.07 Å². The van der Waals surface area contributed by atoms with Crippen molar-refractivity contribution < 1.29 is 18.7 Å². The summed E-state index contributed by atoms with van der Waals surface area (Å²) in [6.07, 6.45) is 0.952. The average molecular weight is 365 g/mol. The van der Waals surface area contributed by atoms with Crippen LogP contribution in [0.5, 0.6) is 0 Å². The van der Waals surface area contributed by atoms with E-state index in [-0.39, 0.29) is 13.1 Å². The second-order valence-electron chi connectivity index (χ2n) is 6.55. The highest BCUT2D eigenvalue weighted by molar-refractivity contribution is 5.86. The van der Waals surface area contributed by atoms with E-state index in [4.69, 9.17) is 0 Å². The van der Waals surface area contributed by atoms with Crippen molar-refractivity contribution in [2.75, 3.05) is 13.1 Å². The lowest BCUT2D eigenvalue weighted by molar-refractivity contribution is -0.157. The monoisotopic (exact) mass is 365 g/mol. The number of likely N-dealkylation sites (tertiary alicyclic amines) is 1. The van der Waals surface area contributed by atoms with Gasteiger partial charge in [-0.25, -0.2) is 13.8 Å². The van der Waals surface area contributed by atoms with Gasteiger partial charge in [0.05, 0.1) is 6.54 Å². The maximum Gasteiger partial charge on any atom is 0.256 e. The van der Waals surface area contributed by atoms with Gasteiger partial charge in [-0.2, -0.15) is 5.10 Å². The van der Waals surface area contributed by atoms with Crippen LogP contribution >= 0.6 is 0 Å². The summed E-state index contributed by atoms with van der Waals surface area (Å²) in [7, 11) is 0. The van der Waals surface area contributed by atoms with Gasteiger partial charge in [0.2, 0.25) is 0 Å². The Hall–Kier alpha value is -2.39. The fraction of sp³-hybridized carbons (Fsp3) is 0.471. The molecule has 0 spiro atoms. The standard InChI is InChI=1S/C17H21F2N5O2/c1-11-21-15(23-22-11)8-20-10-17(26)5-2-6-24(16(17)25)9-12-3-4-13(18)14(19)7-12/h3-4,7,20,26H,2,5-6,8-10H2,1H3,(H,21,22,23)/t17-/m0/s1. The van der Waals surface area contributed by atoms with Gasteiger partial charge in [-0.15, -0.1) is 0 Å². The van der Waals surface area contributed by atoms with E-state index in [0.29, 0.717) is 43.1 Å². The molecular weight excluding hydrogens is 344 g/mol. The first-order valence-electron chi connectivity index (χ1n) is 8.42. The van der Waals surface area contributed by atoms with Gasteiger partial charge in [0.25, 0.3) is 5.91 Å². The molecule has 0 radical (unpaired) electrons. The molecular formula is C17H21F2N5O2. The smallest absolute Gasteiger partial charge is 0.256 e. The summed E-state index contributed by atoms with van der Waals surface area (Å²) in [6, 6.07) is 3.54. The van der Waals surface area contributed by atoms with E-state index in [1.165, 1.54) is 11.0 Å². The first-order valence-corrected chi connectivity index (χ1v) is 8.42. The van der Waals surface area contributed by atoms with Crippen molar-refractivity contribution in [1.29, 1.82) is 0 Å². The molecule has 2 heterocycles. The van der Waals surface area contributed by atoms with Gasteiger partial charge >= 0.3 is 0 Å². The summed E-state index contributed by atoms with van der Waals surface area (Å²) >= 11 is 0. The number of carbonyl (C=O) groups is 1.